The maximum absolute atomic E-state index is 13.1. The number of amides is 2. The predicted molar refractivity (Wildman–Crippen MR) is 90.9 cm³/mol. The van der Waals surface area contributed by atoms with Gasteiger partial charge in [-0.15, -0.1) is 11.3 Å². The Labute approximate surface area is 147 Å². The van der Waals surface area contributed by atoms with Gasteiger partial charge < -0.3 is 9.64 Å². The van der Waals surface area contributed by atoms with E-state index in [9.17, 15) is 14.0 Å². The number of hydrogen-bond donors (Lipinski definition) is 2. The van der Waals surface area contributed by atoms with E-state index in [-0.39, 0.29) is 12.1 Å². The molecule has 132 valence electrons. The molecule has 7 nitrogen and oxygen atoms in total. The second-order valence-electron chi connectivity index (χ2n) is 5.42. The standard InChI is InChI=1S/C16H17FN4O3S/c17-12-3-1-2-11(8-12)9-14(22)19-20-15(23)13-10-25-16(18-13)21-4-6-24-7-5-21/h1-3,8,10H,4-7,9H2,(H,19,22)(H,20,23). The zero-order valence-corrected chi connectivity index (χ0v) is 14.1. The average Bonchev–Trinajstić information content (AvgIpc) is 3.11. The van der Waals surface area contributed by atoms with Gasteiger partial charge in [0.1, 0.15) is 11.5 Å². The van der Waals surface area contributed by atoms with Gasteiger partial charge in [0.2, 0.25) is 5.91 Å². The maximum Gasteiger partial charge on any atom is 0.289 e. The van der Waals surface area contributed by atoms with Crippen molar-refractivity contribution in [3.8, 4) is 0 Å². The summed E-state index contributed by atoms with van der Waals surface area (Å²) < 4.78 is 18.4. The first-order valence-electron chi connectivity index (χ1n) is 7.73. The van der Waals surface area contributed by atoms with Gasteiger partial charge in [0.25, 0.3) is 5.91 Å². The number of carbonyl (C=O) groups is 2. The van der Waals surface area contributed by atoms with Crippen LogP contribution in [0.5, 0.6) is 0 Å². The van der Waals surface area contributed by atoms with Crippen molar-refractivity contribution in [2.45, 2.75) is 6.42 Å². The van der Waals surface area contributed by atoms with E-state index in [0.717, 1.165) is 18.2 Å². The highest BCUT2D eigenvalue weighted by Gasteiger charge is 2.17. The lowest BCUT2D eigenvalue weighted by Crippen LogP contribution is -2.42. The van der Waals surface area contributed by atoms with Crippen LogP contribution in [0.15, 0.2) is 29.6 Å². The summed E-state index contributed by atoms with van der Waals surface area (Å²) in [6, 6.07) is 5.74. The maximum atomic E-state index is 13.1. The first kappa shape index (κ1) is 17.3. The van der Waals surface area contributed by atoms with Crippen LogP contribution in [-0.4, -0.2) is 43.1 Å². The molecule has 1 fully saturated rings. The Hall–Kier alpha value is -2.52. The number of hydrazine groups is 1. The van der Waals surface area contributed by atoms with Crippen molar-refractivity contribution in [2.24, 2.45) is 0 Å². The Bertz CT molecular complexity index is 761. The van der Waals surface area contributed by atoms with E-state index in [1.807, 2.05) is 4.90 Å². The molecule has 3 rings (SSSR count). The number of nitrogens with zero attached hydrogens (tertiary/aromatic N) is 2. The van der Waals surface area contributed by atoms with Crippen molar-refractivity contribution in [1.29, 1.82) is 0 Å². The third-order valence-electron chi connectivity index (χ3n) is 3.58. The Morgan fingerprint density at radius 2 is 2.08 bits per heavy atom. The number of aromatic nitrogens is 1. The van der Waals surface area contributed by atoms with Gasteiger partial charge in [0.15, 0.2) is 5.13 Å². The smallest absolute Gasteiger partial charge is 0.289 e. The van der Waals surface area contributed by atoms with Crippen LogP contribution in [-0.2, 0) is 16.0 Å². The zero-order valence-electron chi connectivity index (χ0n) is 13.3. The molecule has 1 aromatic carbocycles. The number of benzene rings is 1. The van der Waals surface area contributed by atoms with Crippen LogP contribution in [0.3, 0.4) is 0 Å². The third kappa shape index (κ3) is 4.74. The number of rotatable bonds is 4. The van der Waals surface area contributed by atoms with Crippen molar-refractivity contribution < 1.29 is 18.7 Å². The summed E-state index contributed by atoms with van der Waals surface area (Å²) in [5.41, 5.74) is 5.38. The van der Waals surface area contributed by atoms with Crippen molar-refractivity contribution in [1.82, 2.24) is 15.8 Å². The minimum atomic E-state index is -0.497. The molecule has 0 unspecified atom stereocenters. The summed E-state index contributed by atoms with van der Waals surface area (Å²) in [4.78, 5) is 30.2. The lowest BCUT2D eigenvalue weighted by molar-refractivity contribution is -0.121. The SMILES string of the molecule is O=C(Cc1cccc(F)c1)NNC(=O)c1csc(N2CCOCC2)n1. The van der Waals surface area contributed by atoms with E-state index in [1.54, 1.807) is 11.4 Å². The second kappa shape index (κ2) is 8.04. The molecule has 0 radical (unpaired) electrons. The summed E-state index contributed by atoms with van der Waals surface area (Å²) >= 11 is 1.37. The second-order valence-corrected chi connectivity index (χ2v) is 6.26. The minimum Gasteiger partial charge on any atom is -0.378 e. The third-order valence-corrected chi connectivity index (χ3v) is 4.48. The zero-order chi connectivity index (χ0) is 17.6. The molecule has 0 atom stereocenters. The molecule has 1 aromatic heterocycles. The molecule has 1 aliphatic heterocycles. The average molecular weight is 364 g/mol. The van der Waals surface area contributed by atoms with Crippen LogP contribution in [0.25, 0.3) is 0 Å². The Morgan fingerprint density at radius 1 is 1.28 bits per heavy atom. The Kier molecular flexibility index (Phi) is 5.56. The largest absolute Gasteiger partial charge is 0.378 e. The van der Waals surface area contributed by atoms with Gasteiger partial charge >= 0.3 is 0 Å². The molecule has 0 spiro atoms. The molecule has 0 aliphatic carbocycles. The van der Waals surface area contributed by atoms with Crippen molar-refractivity contribution in [3.05, 3.63) is 46.7 Å². The Morgan fingerprint density at radius 3 is 2.84 bits per heavy atom. The van der Waals surface area contributed by atoms with Crippen LogP contribution < -0.4 is 15.8 Å². The van der Waals surface area contributed by atoms with Crippen LogP contribution in [0, 0.1) is 5.82 Å². The summed E-state index contributed by atoms with van der Waals surface area (Å²) in [6.07, 6.45) is -0.0336. The molecule has 2 amide bonds. The van der Waals surface area contributed by atoms with E-state index in [0.29, 0.717) is 18.8 Å². The van der Waals surface area contributed by atoms with Crippen molar-refractivity contribution in [2.75, 3.05) is 31.2 Å². The van der Waals surface area contributed by atoms with Crippen LogP contribution in [0.1, 0.15) is 16.1 Å². The number of hydrogen-bond acceptors (Lipinski definition) is 6. The number of carbonyl (C=O) groups excluding carboxylic acids is 2. The van der Waals surface area contributed by atoms with E-state index in [2.05, 4.69) is 15.8 Å². The monoisotopic (exact) mass is 364 g/mol. The summed E-state index contributed by atoms with van der Waals surface area (Å²) in [5.74, 6) is -1.35. The fourth-order valence-electron chi connectivity index (χ4n) is 2.34. The molecule has 1 aliphatic rings. The highest BCUT2D eigenvalue weighted by molar-refractivity contribution is 7.13. The normalized spacial score (nSPS) is 14.2. The van der Waals surface area contributed by atoms with Gasteiger partial charge in [0.05, 0.1) is 19.6 Å². The first-order chi connectivity index (χ1) is 12.1. The number of anilines is 1. The summed E-state index contributed by atoms with van der Waals surface area (Å²) in [6.45, 7) is 2.74. The van der Waals surface area contributed by atoms with E-state index < -0.39 is 17.6 Å². The van der Waals surface area contributed by atoms with Crippen molar-refractivity contribution in [3.63, 3.8) is 0 Å². The molecular weight excluding hydrogens is 347 g/mol. The molecular formula is C16H17FN4O3S. The topological polar surface area (TPSA) is 83.6 Å². The molecule has 2 heterocycles. The summed E-state index contributed by atoms with van der Waals surface area (Å²) in [5, 5.41) is 2.39. The van der Waals surface area contributed by atoms with Gasteiger partial charge in [-0.2, -0.15) is 0 Å². The number of ether oxygens (including phenoxy) is 1. The molecule has 0 bridgehead atoms. The van der Waals surface area contributed by atoms with Gasteiger partial charge in [0, 0.05) is 18.5 Å². The summed E-state index contributed by atoms with van der Waals surface area (Å²) in [7, 11) is 0. The van der Waals surface area contributed by atoms with Crippen LogP contribution in [0.4, 0.5) is 9.52 Å². The fraction of sp³-hybridized carbons (Fsp3) is 0.312. The highest BCUT2D eigenvalue weighted by Crippen LogP contribution is 2.21. The molecule has 9 heteroatoms. The predicted octanol–water partition coefficient (Wildman–Crippen LogP) is 1.12. The molecule has 25 heavy (non-hydrogen) atoms. The number of nitrogens with one attached hydrogen (secondary N) is 2. The molecule has 2 aromatic rings. The quantitative estimate of drug-likeness (QED) is 0.795. The number of halogens is 1. The lowest BCUT2D eigenvalue weighted by atomic mass is 10.1. The Balaban J connectivity index is 1.50. The fourth-order valence-corrected chi connectivity index (χ4v) is 3.19. The molecule has 0 saturated carbocycles. The van der Waals surface area contributed by atoms with Gasteiger partial charge in [-0.05, 0) is 17.7 Å². The van der Waals surface area contributed by atoms with Crippen LogP contribution in [0.2, 0.25) is 0 Å². The van der Waals surface area contributed by atoms with Gasteiger partial charge in [-0.1, -0.05) is 12.1 Å². The van der Waals surface area contributed by atoms with Gasteiger partial charge in [-0.3, -0.25) is 20.4 Å². The highest BCUT2D eigenvalue weighted by atomic mass is 32.1. The van der Waals surface area contributed by atoms with E-state index >= 15 is 0 Å². The lowest BCUT2D eigenvalue weighted by Gasteiger charge is -2.25. The van der Waals surface area contributed by atoms with Crippen LogP contribution >= 0.6 is 11.3 Å². The van der Waals surface area contributed by atoms with Gasteiger partial charge in [-0.25, -0.2) is 9.37 Å². The van der Waals surface area contributed by atoms with E-state index in [4.69, 9.17) is 4.74 Å². The first-order valence-corrected chi connectivity index (χ1v) is 8.61. The van der Waals surface area contributed by atoms with E-state index in [1.165, 1.54) is 29.5 Å². The number of morpholine rings is 1. The number of thiazole rings is 1. The van der Waals surface area contributed by atoms with Crippen molar-refractivity contribution >= 4 is 28.3 Å². The molecule has 1 saturated heterocycles. The molecule has 2 N–H and O–H groups in total. The minimum absolute atomic E-state index is 0.0336.